The molecule has 1 heteroatoms. The van der Waals surface area contributed by atoms with Gasteiger partial charge in [0.15, 0.2) is 0 Å². The highest BCUT2D eigenvalue weighted by atomic mass is 32.2. The van der Waals surface area contributed by atoms with Crippen LogP contribution < -0.4 is 0 Å². The molecule has 0 aliphatic heterocycles. The van der Waals surface area contributed by atoms with Crippen molar-refractivity contribution in [3.8, 4) is 33.4 Å². The summed E-state index contributed by atoms with van der Waals surface area (Å²) in [6.45, 7) is 2.19. The van der Waals surface area contributed by atoms with Gasteiger partial charge in [-0.2, -0.15) is 11.8 Å². The number of hydrogen-bond acceptors (Lipinski definition) is 1. The standard InChI is InChI=1S/C41H28.C2H6S/c1-27-21-26-33(34-15-5-4-13-31(27)34)29-22-24-30(25-23-29)40-36-16-6-8-18-38(36)41(39-19-9-7-17-37(39)40)35-20-10-12-28-11-2-3-14-32(28)35;1-3-2/h2-26H,1H3;1-2H3. The fourth-order valence-electron chi connectivity index (χ4n) is 6.69. The Morgan fingerprint density at radius 1 is 0.341 bits per heavy atom. The molecular formula is C43H34S. The Bertz CT molecular complexity index is 2210. The van der Waals surface area contributed by atoms with Gasteiger partial charge in [-0.25, -0.2) is 0 Å². The van der Waals surface area contributed by atoms with Crippen molar-refractivity contribution in [2.75, 3.05) is 12.5 Å². The van der Waals surface area contributed by atoms with E-state index in [0.29, 0.717) is 0 Å². The molecule has 0 fully saturated rings. The first-order valence-corrected chi connectivity index (χ1v) is 16.7. The van der Waals surface area contributed by atoms with Gasteiger partial charge in [0.1, 0.15) is 0 Å². The molecule has 0 unspecified atom stereocenters. The summed E-state index contributed by atoms with van der Waals surface area (Å²) < 4.78 is 0. The van der Waals surface area contributed by atoms with Crippen LogP contribution in [0.5, 0.6) is 0 Å². The smallest absolute Gasteiger partial charge is 0.00201 e. The van der Waals surface area contributed by atoms with E-state index in [4.69, 9.17) is 0 Å². The monoisotopic (exact) mass is 582 g/mol. The van der Waals surface area contributed by atoms with Crippen LogP contribution in [-0.4, -0.2) is 12.5 Å². The molecule has 0 nitrogen and oxygen atoms in total. The van der Waals surface area contributed by atoms with E-state index < -0.39 is 0 Å². The molecule has 0 aromatic heterocycles. The Balaban J connectivity index is 0.00000100. The lowest BCUT2D eigenvalue weighted by atomic mass is 9.84. The third-order valence-corrected chi connectivity index (χ3v) is 8.62. The van der Waals surface area contributed by atoms with Crippen molar-refractivity contribution in [3.05, 3.63) is 157 Å². The normalized spacial score (nSPS) is 11.2. The lowest BCUT2D eigenvalue weighted by Crippen LogP contribution is -1.91. The molecule has 0 radical (unpaired) electrons. The predicted molar refractivity (Wildman–Crippen MR) is 197 cm³/mol. The average Bonchev–Trinajstić information content (AvgIpc) is 3.08. The van der Waals surface area contributed by atoms with Crippen LogP contribution in [0.4, 0.5) is 0 Å². The van der Waals surface area contributed by atoms with Crippen LogP contribution in [0.15, 0.2) is 152 Å². The maximum atomic E-state index is 2.30. The highest BCUT2D eigenvalue weighted by Crippen LogP contribution is 2.45. The van der Waals surface area contributed by atoms with E-state index in [2.05, 4.69) is 159 Å². The van der Waals surface area contributed by atoms with Crippen molar-refractivity contribution >= 4 is 54.9 Å². The maximum Gasteiger partial charge on any atom is -0.00201 e. The van der Waals surface area contributed by atoms with Gasteiger partial charge in [0.2, 0.25) is 0 Å². The van der Waals surface area contributed by atoms with Crippen LogP contribution in [0, 0.1) is 6.92 Å². The zero-order valence-electron chi connectivity index (χ0n) is 25.3. The number of hydrogen-bond donors (Lipinski definition) is 0. The van der Waals surface area contributed by atoms with Gasteiger partial charge in [-0.3, -0.25) is 0 Å². The second-order valence-electron chi connectivity index (χ2n) is 11.3. The van der Waals surface area contributed by atoms with Crippen LogP contribution in [0.2, 0.25) is 0 Å². The molecule has 0 atom stereocenters. The summed E-state index contributed by atoms with van der Waals surface area (Å²) in [5.74, 6) is 0. The number of benzene rings is 8. The Kier molecular flexibility index (Phi) is 7.64. The van der Waals surface area contributed by atoms with Crippen LogP contribution in [0.3, 0.4) is 0 Å². The van der Waals surface area contributed by atoms with Gasteiger partial charge in [0, 0.05) is 0 Å². The fraction of sp³-hybridized carbons (Fsp3) is 0.0698. The Hall–Kier alpha value is -4.85. The average molecular weight is 583 g/mol. The highest BCUT2D eigenvalue weighted by Gasteiger charge is 2.18. The first kappa shape index (κ1) is 28.0. The zero-order valence-corrected chi connectivity index (χ0v) is 26.2. The quantitative estimate of drug-likeness (QED) is 0.187. The van der Waals surface area contributed by atoms with Crippen molar-refractivity contribution in [2.45, 2.75) is 6.92 Å². The first-order valence-electron chi connectivity index (χ1n) is 15.1. The van der Waals surface area contributed by atoms with Crippen molar-refractivity contribution < 1.29 is 0 Å². The second kappa shape index (κ2) is 12.0. The molecule has 0 aliphatic carbocycles. The van der Waals surface area contributed by atoms with E-state index in [1.54, 1.807) is 11.8 Å². The largest absolute Gasteiger partial charge is 0.169 e. The SMILES string of the molecule is CSC.Cc1ccc(-c2ccc(-c3c4ccccc4c(-c4cccc5ccccc45)c4ccccc34)cc2)c2ccccc12. The fourth-order valence-corrected chi connectivity index (χ4v) is 6.69. The molecule has 0 aliphatic rings. The van der Waals surface area contributed by atoms with E-state index in [9.17, 15) is 0 Å². The third-order valence-electron chi connectivity index (χ3n) is 8.62. The number of fused-ring (bicyclic) bond motifs is 4. The molecule has 0 N–H and O–H groups in total. The third kappa shape index (κ3) is 4.84. The van der Waals surface area contributed by atoms with Gasteiger partial charge in [-0.05, 0) is 101 Å². The summed E-state index contributed by atoms with van der Waals surface area (Å²) in [5, 5.41) is 10.3. The van der Waals surface area contributed by atoms with E-state index in [0.717, 1.165) is 0 Å². The number of rotatable bonds is 3. The predicted octanol–water partition coefficient (Wildman–Crippen LogP) is 12.6. The summed E-state index contributed by atoms with van der Waals surface area (Å²) in [6, 6.07) is 55.6. The second-order valence-corrected chi connectivity index (χ2v) is 12.1. The van der Waals surface area contributed by atoms with E-state index in [-0.39, 0.29) is 0 Å². The van der Waals surface area contributed by atoms with Gasteiger partial charge < -0.3 is 0 Å². The van der Waals surface area contributed by atoms with Gasteiger partial charge in [0.25, 0.3) is 0 Å². The van der Waals surface area contributed by atoms with Gasteiger partial charge in [0.05, 0.1) is 0 Å². The molecule has 8 aromatic carbocycles. The molecule has 0 amide bonds. The highest BCUT2D eigenvalue weighted by molar-refractivity contribution is 7.97. The summed E-state index contributed by atoms with van der Waals surface area (Å²) >= 11 is 1.75. The molecule has 8 aromatic rings. The lowest BCUT2D eigenvalue weighted by Gasteiger charge is -2.19. The Morgan fingerprint density at radius 2 is 0.795 bits per heavy atom. The minimum absolute atomic E-state index is 1.24. The van der Waals surface area contributed by atoms with E-state index in [1.807, 2.05) is 12.5 Å². The molecule has 0 spiro atoms. The van der Waals surface area contributed by atoms with Gasteiger partial charge >= 0.3 is 0 Å². The summed E-state index contributed by atoms with van der Waals surface area (Å²) in [6.07, 6.45) is 4.08. The minimum Gasteiger partial charge on any atom is -0.169 e. The molecule has 44 heavy (non-hydrogen) atoms. The Labute approximate surface area is 264 Å². The molecule has 0 saturated carbocycles. The van der Waals surface area contributed by atoms with Crippen LogP contribution in [0.25, 0.3) is 76.5 Å². The van der Waals surface area contributed by atoms with Crippen molar-refractivity contribution in [2.24, 2.45) is 0 Å². The number of thioether (sulfide) groups is 1. The van der Waals surface area contributed by atoms with Crippen LogP contribution in [0.1, 0.15) is 5.56 Å². The summed E-state index contributed by atoms with van der Waals surface area (Å²) in [4.78, 5) is 0. The summed E-state index contributed by atoms with van der Waals surface area (Å²) in [7, 11) is 0. The number of aryl methyl sites for hydroxylation is 1. The van der Waals surface area contributed by atoms with Crippen molar-refractivity contribution in [1.29, 1.82) is 0 Å². The van der Waals surface area contributed by atoms with Crippen molar-refractivity contribution in [1.82, 2.24) is 0 Å². The van der Waals surface area contributed by atoms with E-state index >= 15 is 0 Å². The first-order chi connectivity index (χ1) is 21.7. The van der Waals surface area contributed by atoms with Crippen LogP contribution >= 0.6 is 11.8 Å². The van der Waals surface area contributed by atoms with Crippen LogP contribution in [-0.2, 0) is 0 Å². The molecule has 0 bridgehead atoms. The topological polar surface area (TPSA) is 0 Å². The van der Waals surface area contributed by atoms with Crippen molar-refractivity contribution in [3.63, 3.8) is 0 Å². The van der Waals surface area contributed by atoms with Gasteiger partial charge in [-0.1, -0.05) is 152 Å². The van der Waals surface area contributed by atoms with E-state index in [1.165, 1.54) is 82.0 Å². The molecule has 0 heterocycles. The van der Waals surface area contributed by atoms with Gasteiger partial charge in [-0.15, -0.1) is 0 Å². The molecule has 212 valence electrons. The zero-order chi connectivity index (χ0) is 30.0. The summed E-state index contributed by atoms with van der Waals surface area (Å²) in [5.41, 5.74) is 8.94. The Morgan fingerprint density at radius 3 is 1.41 bits per heavy atom. The molecular weight excluding hydrogens is 549 g/mol. The molecule has 8 rings (SSSR count). The molecule has 0 saturated heterocycles. The maximum absolute atomic E-state index is 2.30. The minimum atomic E-state index is 1.24. The lowest BCUT2D eigenvalue weighted by molar-refractivity contribution is 1.52.